The number of alkyl halides is 3. The second-order valence-corrected chi connectivity index (χ2v) is 5.33. The van der Waals surface area contributed by atoms with Crippen LogP contribution in [-0.2, 0) is 6.18 Å². The van der Waals surface area contributed by atoms with Crippen molar-refractivity contribution in [2.75, 3.05) is 26.2 Å². The monoisotopic (exact) mass is 340 g/mol. The van der Waals surface area contributed by atoms with Gasteiger partial charge in [0, 0.05) is 32.2 Å². The molecule has 2 nitrogen and oxygen atoms in total. The summed E-state index contributed by atoms with van der Waals surface area (Å²) in [6.45, 7) is 5.25. The van der Waals surface area contributed by atoms with E-state index in [0.717, 1.165) is 51.2 Å². The van der Waals surface area contributed by atoms with Gasteiger partial charge in [-0.15, -0.1) is 12.4 Å². The average molecular weight is 341 g/mol. The molecule has 0 spiro atoms. The minimum atomic E-state index is -4.65. The van der Waals surface area contributed by atoms with E-state index in [9.17, 15) is 17.6 Å². The van der Waals surface area contributed by atoms with Crippen molar-refractivity contribution in [2.24, 2.45) is 0 Å². The van der Waals surface area contributed by atoms with Crippen LogP contribution in [0.15, 0.2) is 18.2 Å². The molecule has 1 N–H and O–H groups in total. The second-order valence-electron chi connectivity index (χ2n) is 5.33. The number of nitrogens with zero attached hydrogens (tertiary/aromatic N) is 1. The summed E-state index contributed by atoms with van der Waals surface area (Å²) in [5.41, 5.74) is -0.622. The summed E-state index contributed by atoms with van der Waals surface area (Å²) in [6.07, 6.45) is -3.02. The van der Waals surface area contributed by atoms with Crippen molar-refractivity contribution >= 4 is 12.4 Å². The van der Waals surface area contributed by atoms with E-state index >= 15 is 0 Å². The molecule has 1 aliphatic rings. The summed E-state index contributed by atoms with van der Waals surface area (Å²) in [5, 5.41) is 3.23. The van der Waals surface area contributed by atoms with Crippen LogP contribution in [0.5, 0.6) is 0 Å². The molecule has 0 saturated carbocycles. The van der Waals surface area contributed by atoms with E-state index in [1.807, 2.05) is 6.92 Å². The van der Waals surface area contributed by atoms with Crippen molar-refractivity contribution in [1.29, 1.82) is 0 Å². The summed E-state index contributed by atoms with van der Waals surface area (Å²) in [7, 11) is 0. The third-order valence-electron chi connectivity index (χ3n) is 3.84. The first-order valence-corrected chi connectivity index (χ1v) is 7.25. The van der Waals surface area contributed by atoms with Crippen molar-refractivity contribution < 1.29 is 17.6 Å². The average Bonchev–Trinajstić information content (AvgIpc) is 2.45. The highest BCUT2D eigenvalue weighted by Crippen LogP contribution is 2.35. The lowest BCUT2D eigenvalue weighted by molar-refractivity contribution is -0.140. The molecule has 126 valence electrons. The number of hydrogen-bond donors (Lipinski definition) is 1. The lowest BCUT2D eigenvalue weighted by Gasteiger charge is -2.35. The van der Waals surface area contributed by atoms with Crippen LogP contribution in [0.3, 0.4) is 0 Å². The van der Waals surface area contributed by atoms with Gasteiger partial charge in [-0.05, 0) is 24.1 Å². The van der Waals surface area contributed by atoms with Gasteiger partial charge in [-0.25, -0.2) is 4.39 Å². The molecule has 0 bridgehead atoms. The fourth-order valence-corrected chi connectivity index (χ4v) is 2.79. The molecule has 0 aliphatic carbocycles. The van der Waals surface area contributed by atoms with Crippen LogP contribution in [0.2, 0.25) is 0 Å². The van der Waals surface area contributed by atoms with Gasteiger partial charge < -0.3 is 5.32 Å². The van der Waals surface area contributed by atoms with Crippen molar-refractivity contribution in [1.82, 2.24) is 10.2 Å². The zero-order valence-corrected chi connectivity index (χ0v) is 13.2. The summed E-state index contributed by atoms with van der Waals surface area (Å²) >= 11 is 0. The Morgan fingerprint density at radius 1 is 1.23 bits per heavy atom. The Morgan fingerprint density at radius 2 is 1.86 bits per heavy atom. The van der Waals surface area contributed by atoms with Crippen molar-refractivity contribution in [3.8, 4) is 0 Å². The molecule has 1 aliphatic heterocycles. The normalized spacial score (nSPS) is 17.9. The van der Waals surface area contributed by atoms with E-state index in [1.165, 1.54) is 6.07 Å². The molecule has 0 radical (unpaired) electrons. The summed E-state index contributed by atoms with van der Waals surface area (Å²) < 4.78 is 52.0. The van der Waals surface area contributed by atoms with E-state index in [-0.39, 0.29) is 18.4 Å². The molecule has 0 unspecified atom stereocenters. The first kappa shape index (κ1) is 19.2. The molecule has 1 atom stereocenters. The summed E-state index contributed by atoms with van der Waals surface area (Å²) in [6, 6.07) is 3.30. The Bertz CT molecular complexity index is 473. The fourth-order valence-electron chi connectivity index (χ4n) is 2.79. The van der Waals surface area contributed by atoms with E-state index in [4.69, 9.17) is 0 Å². The highest BCUT2D eigenvalue weighted by atomic mass is 35.5. The molecule has 1 fully saturated rings. The first-order chi connectivity index (χ1) is 9.93. The van der Waals surface area contributed by atoms with E-state index < -0.39 is 17.6 Å². The number of hydrogen-bond acceptors (Lipinski definition) is 2. The minimum Gasteiger partial charge on any atom is -0.314 e. The Kier molecular flexibility index (Phi) is 7.09. The quantitative estimate of drug-likeness (QED) is 0.833. The van der Waals surface area contributed by atoms with Crippen LogP contribution < -0.4 is 5.32 Å². The molecule has 2 rings (SSSR count). The van der Waals surface area contributed by atoms with Crippen LogP contribution in [-0.4, -0.2) is 31.1 Å². The van der Waals surface area contributed by atoms with E-state index in [0.29, 0.717) is 5.56 Å². The van der Waals surface area contributed by atoms with Crippen LogP contribution in [0.4, 0.5) is 17.6 Å². The van der Waals surface area contributed by atoms with Gasteiger partial charge in [-0.1, -0.05) is 19.4 Å². The maximum Gasteiger partial charge on any atom is 0.419 e. The lowest BCUT2D eigenvalue weighted by Crippen LogP contribution is -2.45. The predicted octanol–water partition coefficient (Wildman–Crippen LogP) is 4.01. The smallest absolute Gasteiger partial charge is 0.314 e. The molecule has 1 saturated heterocycles. The zero-order chi connectivity index (χ0) is 15.5. The third kappa shape index (κ3) is 4.57. The Balaban J connectivity index is 0.00000242. The van der Waals surface area contributed by atoms with Crippen molar-refractivity contribution in [3.63, 3.8) is 0 Å². The number of rotatable bonds is 4. The molecule has 1 aromatic rings. The van der Waals surface area contributed by atoms with Crippen molar-refractivity contribution in [2.45, 2.75) is 32.0 Å². The number of halogens is 5. The SMILES string of the molecule is CCC[C@H](c1ccc(F)c(C(F)(F)F)c1)N1CCNCC1.Cl. The molecular formula is C15H21ClF4N2. The third-order valence-corrected chi connectivity index (χ3v) is 3.84. The first-order valence-electron chi connectivity index (χ1n) is 7.25. The Hall–Kier alpha value is -0.850. The fraction of sp³-hybridized carbons (Fsp3) is 0.600. The van der Waals surface area contributed by atoms with Crippen LogP contribution in [0.1, 0.15) is 36.9 Å². The van der Waals surface area contributed by atoms with Crippen molar-refractivity contribution in [3.05, 3.63) is 35.1 Å². The van der Waals surface area contributed by atoms with Gasteiger partial charge in [0.15, 0.2) is 0 Å². The van der Waals surface area contributed by atoms with Crippen LogP contribution >= 0.6 is 12.4 Å². The Morgan fingerprint density at radius 3 is 2.41 bits per heavy atom. The molecule has 22 heavy (non-hydrogen) atoms. The number of piperazine rings is 1. The molecule has 1 aromatic carbocycles. The zero-order valence-electron chi connectivity index (χ0n) is 12.4. The van der Waals surface area contributed by atoms with Gasteiger partial charge in [-0.2, -0.15) is 13.2 Å². The highest BCUT2D eigenvalue weighted by Gasteiger charge is 2.35. The van der Waals surface area contributed by atoms with Gasteiger partial charge in [0.2, 0.25) is 0 Å². The number of benzene rings is 1. The molecule has 7 heteroatoms. The summed E-state index contributed by atoms with van der Waals surface area (Å²) in [4.78, 5) is 2.17. The van der Waals surface area contributed by atoms with Gasteiger partial charge in [-0.3, -0.25) is 4.90 Å². The van der Waals surface area contributed by atoms with Gasteiger partial charge in [0.05, 0.1) is 5.56 Å². The van der Waals surface area contributed by atoms with Crippen LogP contribution in [0, 0.1) is 5.82 Å². The standard InChI is InChI=1S/C15H20F4N2.ClH/c1-2-3-14(21-8-6-20-7-9-21)11-4-5-13(16)12(10-11)15(17,18)19;/h4-5,10,14,20H,2-3,6-9H2,1H3;1H/t14-;/m1./s1. The van der Waals surface area contributed by atoms with E-state index in [2.05, 4.69) is 10.2 Å². The molecule has 0 amide bonds. The molecule has 1 heterocycles. The maximum absolute atomic E-state index is 13.4. The number of nitrogens with one attached hydrogen (secondary N) is 1. The maximum atomic E-state index is 13.4. The predicted molar refractivity (Wildman–Crippen MR) is 80.7 cm³/mol. The van der Waals surface area contributed by atoms with Crippen LogP contribution in [0.25, 0.3) is 0 Å². The largest absolute Gasteiger partial charge is 0.419 e. The Labute approximate surface area is 134 Å². The molecule has 0 aromatic heterocycles. The summed E-state index contributed by atoms with van der Waals surface area (Å²) in [5.74, 6) is -1.21. The highest BCUT2D eigenvalue weighted by molar-refractivity contribution is 5.85. The topological polar surface area (TPSA) is 15.3 Å². The van der Waals surface area contributed by atoms with Gasteiger partial charge in [0.25, 0.3) is 0 Å². The van der Waals surface area contributed by atoms with E-state index in [1.54, 1.807) is 0 Å². The lowest BCUT2D eigenvalue weighted by atomic mass is 9.97. The van der Waals surface area contributed by atoms with Gasteiger partial charge >= 0.3 is 6.18 Å². The second kappa shape index (κ2) is 8.13. The van der Waals surface area contributed by atoms with Gasteiger partial charge in [0.1, 0.15) is 5.82 Å². The minimum absolute atomic E-state index is 0. The molecular weight excluding hydrogens is 320 g/mol.